The smallest absolute Gasteiger partial charge is 0.270 e. The van der Waals surface area contributed by atoms with Gasteiger partial charge in [-0.25, -0.2) is 4.39 Å². The lowest BCUT2D eigenvalue weighted by Gasteiger charge is -2.04. The lowest BCUT2D eigenvalue weighted by Crippen LogP contribution is -1.93. The van der Waals surface area contributed by atoms with E-state index in [4.69, 9.17) is 16.1 Å². The second-order valence-corrected chi connectivity index (χ2v) is 5.31. The van der Waals surface area contributed by atoms with Crippen molar-refractivity contribution in [3.63, 3.8) is 0 Å². The van der Waals surface area contributed by atoms with Crippen molar-refractivity contribution >= 4 is 17.3 Å². The van der Waals surface area contributed by atoms with Gasteiger partial charge in [0.1, 0.15) is 11.5 Å². The molecule has 122 valence electrons. The van der Waals surface area contributed by atoms with E-state index >= 15 is 0 Å². The van der Waals surface area contributed by atoms with Crippen molar-refractivity contribution in [2.75, 3.05) is 0 Å². The highest BCUT2D eigenvalue weighted by Gasteiger charge is 2.23. The van der Waals surface area contributed by atoms with Crippen molar-refractivity contribution < 1.29 is 18.9 Å². The van der Waals surface area contributed by atoms with Crippen LogP contribution in [0.25, 0.3) is 22.6 Å². The first-order chi connectivity index (χ1) is 11.5. The summed E-state index contributed by atoms with van der Waals surface area (Å²) in [5.41, 5.74) is 0.603. The minimum Gasteiger partial charge on any atom is -0.391 e. The number of aliphatic hydroxyl groups excluding tert-OH is 1. The van der Waals surface area contributed by atoms with Gasteiger partial charge in [0.05, 0.1) is 27.7 Å². The molecule has 0 saturated carbocycles. The highest BCUT2D eigenvalue weighted by molar-refractivity contribution is 6.33. The van der Waals surface area contributed by atoms with Crippen molar-refractivity contribution in [1.29, 1.82) is 0 Å². The zero-order chi connectivity index (χ0) is 17.3. The molecule has 6 nitrogen and oxygen atoms in total. The summed E-state index contributed by atoms with van der Waals surface area (Å²) in [7, 11) is 0. The molecule has 8 heteroatoms. The summed E-state index contributed by atoms with van der Waals surface area (Å²) in [5, 5.41) is 24.5. The van der Waals surface area contributed by atoms with E-state index in [0.29, 0.717) is 5.56 Å². The fourth-order valence-electron chi connectivity index (χ4n) is 2.36. The summed E-state index contributed by atoms with van der Waals surface area (Å²) in [6.45, 7) is -0.498. The first kappa shape index (κ1) is 16.1. The zero-order valence-corrected chi connectivity index (χ0v) is 12.8. The van der Waals surface area contributed by atoms with Gasteiger partial charge in [-0.05, 0) is 12.1 Å². The predicted molar refractivity (Wildman–Crippen MR) is 84.9 cm³/mol. The third-order valence-electron chi connectivity index (χ3n) is 3.47. The molecule has 0 spiro atoms. The molecule has 0 fully saturated rings. The molecule has 1 heterocycles. The van der Waals surface area contributed by atoms with Gasteiger partial charge in [0, 0.05) is 17.7 Å². The second kappa shape index (κ2) is 6.38. The van der Waals surface area contributed by atoms with Gasteiger partial charge in [-0.15, -0.1) is 0 Å². The molecule has 1 aromatic heterocycles. The standard InChI is InChI=1S/C16H10ClFN2O4/c17-12-5-2-6-13(18)14(12)16-11(8-21)15(19-24-16)9-3-1-4-10(7-9)20(22)23/h1-7,21H,8H2. The van der Waals surface area contributed by atoms with Crippen LogP contribution in [0.1, 0.15) is 5.56 Å². The number of nitro benzene ring substituents is 1. The Morgan fingerprint density at radius 2 is 2.04 bits per heavy atom. The topological polar surface area (TPSA) is 89.4 Å². The number of hydrogen-bond donors (Lipinski definition) is 1. The summed E-state index contributed by atoms with van der Waals surface area (Å²) in [6.07, 6.45) is 0. The summed E-state index contributed by atoms with van der Waals surface area (Å²) >= 11 is 6.02. The van der Waals surface area contributed by atoms with Crippen molar-refractivity contribution in [2.45, 2.75) is 6.61 Å². The van der Waals surface area contributed by atoms with Gasteiger partial charge in [-0.3, -0.25) is 10.1 Å². The zero-order valence-electron chi connectivity index (χ0n) is 12.1. The summed E-state index contributed by atoms with van der Waals surface area (Å²) in [5.74, 6) is -0.638. The van der Waals surface area contributed by atoms with Crippen LogP contribution < -0.4 is 0 Å². The van der Waals surface area contributed by atoms with Gasteiger partial charge in [0.2, 0.25) is 0 Å². The Bertz CT molecular complexity index is 906. The van der Waals surface area contributed by atoms with Gasteiger partial charge < -0.3 is 9.63 Å². The first-order valence-electron chi connectivity index (χ1n) is 6.81. The van der Waals surface area contributed by atoms with Crippen molar-refractivity contribution in [3.05, 3.63) is 69.0 Å². The SMILES string of the molecule is O=[N+]([O-])c1cccc(-c2noc(-c3c(F)cccc3Cl)c2CO)c1. The van der Waals surface area contributed by atoms with Crippen LogP contribution in [0.5, 0.6) is 0 Å². The molecule has 0 aliphatic heterocycles. The van der Waals surface area contributed by atoms with Crippen LogP contribution in [-0.4, -0.2) is 15.2 Å². The predicted octanol–water partition coefficient (Wildman–Crippen LogP) is 4.20. The Kier molecular flexibility index (Phi) is 4.28. The number of halogens is 2. The minimum absolute atomic E-state index is 0.0119. The molecule has 0 aliphatic rings. The number of aromatic nitrogens is 1. The number of benzene rings is 2. The molecule has 0 unspecified atom stereocenters. The van der Waals surface area contributed by atoms with Crippen LogP contribution in [-0.2, 0) is 6.61 Å². The molecule has 0 saturated heterocycles. The normalized spacial score (nSPS) is 10.8. The number of rotatable bonds is 4. The molecule has 0 aliphatic carbocycles. The van der Waals surface area contributed by atoms with E-state index in [1.54, 1.807) is 6.07 Å². The van der Waals surface area contributed by atoms with E-state index in [2.05, 4.69) is 5.16 Å². The van der Waals surface area contributed by atoms with E-state index in [1.165, 1.54) is 36.4 Å². The molecule has 0 amide bonds. The van der Waals surface area contributed by atoms with E-state index in [9.17, 15) is 19.6 Å². The van der Waals surface area contributed by atoms with E-state index < -0.39 is 17.3 Å². The van der Waals surface area contributed by atoms with Crippen molar-refractivity contribution in [3.8, 4) is 22.6 Å². The minimum atomic E-state index is -0.626. The Morgan fingerprint density at radius 1 is 1.29 bits per heavy atom. The highest BCUT2D eigenvalue weighted by Crippen LogP contribution is 2.37. The maximum absolute atomic E-state index is 14.1. The molecule has 24 heavy (non-hydrogen) atoms. The number of aliphatic hydroxyl groups is 1. The quantitative estimate of drug-likeness (QED) is 0.563. The third-order valence-corrected chi connectivity index (χ3v) is 3.78. The fraction of sp³-hybridized carbons (Fsp3) is 0.0625. The fourth-order valence-corrected chi connectivity index (χ4v) is 2.61. The van der Waals surface area contributed by atoms with Crippen molar-refractivity contribution in [2.24, 2.45) is 0 Å². The Balaban J connectivity index is 2.18. The van der Waals surface area contributed by atoms with Crippen LogP contribution in [0.15, 0.2) is 47.0 Å². The molecule has 2 aromatic carbocycles. The average Bonchev–Trinajstić information content (AvgIpc) is 2.98. The summed E-state index contributed by atoms with van der Waals surface area (Å²) in [6, 6.07) is 9.82. The average molecular weight is 349 g/mol. The first-order valence-corrected chi connectivity index (χ1v) is 7.19. The number of hydrogen-bond acceptors (Lipinski definition) is 5. The summed E-state index contributed by atoms with van der Waals surface area (Å²) in [4.78, 5) is 10.4. The largest absolute Gasteiger partial charge is 0.391 e. The molecular formula is C16H10ClFN2O4. The van der Waals surface area contributed by atoms with Gasteiger partial charge in [0.25, 0.3) is 5.69 Å². The number of nitro groups is 1. The molecule has 1 N–H and O–H groups in total. The van der Waals surface area contributed by atoms with Crippen LogP contribution in [0.3, 0.4) is 0 Å². The Hall–Kier alpha value is -2.77. The number of non-ortho nitro benzene ring substituents is 1. The van der Waals surface area contributed by atoms with Gasteiger partial charge >= 0.3 is 0 Å². The molecular weight excluding hydrogens is 339 g/mol. The van der Waals surface area contributed by atoms with Crippen LogP contribution in [0, 0.1) is 15.9 Å². The van der Waals surface area contributed by atoms with Crippen LogP contribution in [0.4, 0.5) is 10.1 Å². The molecule has 3 aromatic rings. The Labute approximate surface area is 140 Å². The maximum Gasteiger partial charge on any atom is 0.270 e. The van der Waals surface area contributed by atoms with Crippen molar-refractivity contribution in [1.82, 2.24) is 5.16 Å². The molecule has 0 radical (unpaired) electrons. The van der Waals surface area contributed by atoms with E-state index in [-0.39, 0.29) is 33.3 Å². The Morgan fingerprint density at radius 3 is 2.71 bits per heavy atom. The summed E-state index contributed by atoms with van der Waals surface area (Å²) < 4.78 is 19.3. The lowest BCUT2D eigenvalue weighted by atomic mass is 10.0. The van der Waals surface area contributed by atoms with Crippen LogP contribution in [0.2, 0.25) is 5.02 Å². The highest BCUT2D eigenvalue weighted by atomic mass is 35.5. The molecule has 0 atom stereocenters. The second-order valence-electron chi connectivity index (χ2n) is 4.90. The van der Waals surface area contributed by atoms with Gasteiger partial charge in [-0.1, -0.05) is 35.0 Å². The maximum atomic E-state index is 14.1. The monoisotopic (exact) mass is 348 g/mol. The van der Waals surface area contributed by atoms with Gasteiger partial charge in [-0.2, -0.15) is 0 Å². The molecule has 3 rings (SSSR count). The van der Waals surface area contributed by atoms with E-state index in [0.717, 1.165) is 0 Å². The van der Waals surface area contributed by atoms with Crippen LogP contribution >= 0.6 is 11.6 Å². The lowest BCUT2D eigenvalue weighted by molar-refractivity contribution is -0.384. The number of nitrogens with zero attached hydrogens (tertiary/aromatic N) is 2. The van der Waals surface area contributed by atoms with E-state index in [1.807, 2.05) is 0 Å². The third kappa shape index (κ3) is 2.75. The van der Waals surface area contributed by atoms with Gasteiger partial charge in [0.15, 0.2) is 5.76 Å². The molecule has 0 bridgehead atoms.